The molecule has 0 saturated heterocycles. The molecule has 0 atom stereocenters. The maximum atomic E-state index is 13.8. The van der Waals surface area contributed by atoms with Gasteiger partial charge < -0.3 is 4.90 Å². The molecule has 3 nitrogen and oxygen atoms in total. The van der Waals surface area contributed by atoms with E-state index in [2.05, 4.69) is 43.9 Å². The number of allylic oxidation sites excluding steroid dienone is 2. The molecule has 38 heavy (non-hydrogen) atoms. The maximum absolute atomic E-state index is 13.8. The molecule has 0 aliphatic carbocycles. The van der Waals surface area contributed by atoms with Crippen LogP contribution in [0.1, 0.15) is 33.4 Å². The SMILES string of the molecule is Cc1ccc(S(=O)(=O)CC2=CC(c3ccccc3)=Cc3cc(Cl)ccc3N2c2c(C)cc(C)cc2C)cc1. The Labute approximate surface area is 230 Å². The number of benzene rings is 4. The lowest BCUT2D eigenvalue weighted by Crippen LogP contribution is -2.25. The van der Waals surface area contributed by atoms with Crippen LogP contribution in [0, 0.1) is 27.7 Å². The standard InChI is InChI=1S/C33H30ClNO2S/c1-22-10-13-31(14-11-22)38(36,37)21-30-20-27(26-8-6-5-7-9-26)18-28-19-29(34)12-15-32(28)35(30)33-24(3)16-23(2)17-25(33)4/h5-20H,21H2,1-4H3. The lowest BCUT2D eigenvalue weighted by Gasteiger charge is -2.31. The zero-order valence-corrected chi connectivity index (χ0v) is 23.6. The number of nitrogens with zero attached hydrogens (tertiary/aromatic N) is 1. The van der Waals surface area contributed by atoms with Gasteiger partial charge in [0.05, 0.1) is 22.0 Å². The summed E-state index contributed by atoms with van der Waals surface area (Å²) in [6.45, 7) is 8.18. The summed E-state index contributed by atoms with van der Waals surface area (Å²) in [7, 11) is -3.65. The zero-order valence-electron chi connectivity index (χ0n) is 22.0. The van der Waals surface area contributed by atoms with Gasteiger partial charge in [0, 0.05) is 16.3 Å². The van der Waals surface area contributed by atoms with Crippen molar-refractivity contribution < 1.29 is 8.42 Å². The van der Waals surface area contributed by atoms with E-state index in [0.717, 1.165) is 50.3 Å². The Bertz CT molecular complexity index is 1660. The Hall–Kier alpha value is -3.60. The summed E-state index contributed by atoms with van der Waals surface area (Å²) < 4.78 is 27.7. The number of hydrogen-bond donors (Lipinski definition) is 0. The molecular weight excluding hydrogens is 510 g/mol. The second-order valence-electron chi connectivity index (χ2n) is 9.96. The van der Waals surface area contributed by atoms with Gasteiger partial charge in [-0.05, 0) is 92.4 Å². The van der Waals surface area contributed by atoms with Gasteiger partial charge in [0.15, 0.2) is 9.84 Å². The van der Waals surface area contributed by atoms with Crippen LogP contribution in [0.15, 0.2) is 102 Å². The van der Waals surface area contributed by atoms with Crippen molar-refractivity contribution in [2.45, 2.75) is 32.6 Å². The summed E-state index contributed by atoms with van der Waals surface area (Å²) in [5.74, 6) is -0.158. The van der Waals surface area contributed by atoms with Crippen molar-refractivity contribution in [1.82, 2.24) is 0 Å². The number of sulfone groups is 1. The summed E-state index contributed by atoms with van der Waals surface area (Å²) in [6.07, 6.45) is 4.10. The summed E-state index contributed by atoms with van der Waals surface area (Å²) in [5, 5.41) is 0.625. The molecule has 0 radical (unpaired) electrons. The van der Waals surface area contributed by atoms with E-state index in [-0.39, 0.29) is 5.75 Å². The normalized spacial score (nSPS) is 13.4. The first-order chi connectivity index (χ1) is 18.1. The van der Waals surface area contributed by atoms with Crippen molar-refractivity contribution in [1.29, 1.82) is 0 Å². The van der Waals surface area contributed by atoms with Crippen molar-refractivity contribution in [2.24, 2.45) is 0 Å². The predicted octanol–water partition coefficient (Wildman–Crippen LogP) is 8.62. The second-order valence-corrected chi connectivity index (χ2v) is 12.4. The third-order valence-corrected chi connectivity index (χ3v) is 8.74. The van der Waals surface area contributed by atoms with Gasteiger partial charge in [-0.2, -0.15) is 0 Å². The fourth-order valence-corrected chi connectivity index (χ4v) is 6.67. The van der Waals surface area contributed by atoms with Crippen molar-refractivity contribution in [3.8, 4) is 0 Å². The molecule has 1 aliphatic heterocycles. The molecule has 5 heteroatoms. The van der Waals surface area contributed by atoms with Gasteiger partial charge in [-0.1, -0.05) is 77.3 Å². The monoisotopic (exact) mass is 539 g/mol. The van der Waals surface area contributed by atoms with Crippen LogP contribution < -0.4 is 4.90 Å². The highest BCUT2D eigenvalue weighted by Crippen LogP contribution is 2.43. The van der Waals surface area contributed by atoms with Gasteiger partial charge in [0.2, 0.25) is 0 Å². The minimum atomic E-state index is -3.65. The highest BCUT2D eigenvalue weighted by Gasteiger charge is 2.28. The van der Waals surface area contributed by atoms with E-state index in [1.807, 2.05) is 73.7 Å². The fraction of sp³-hybridized carbons (Fsp3) is 0.152. The molecule has 0 unspecified atom stereocenters. The van der Waals surface area contributed by atoms with Crippen LogP contribution in [0.5, 0.6) is 0 Å². The van der Waals surface area contributed by atoms with E-state index in [1.165, 1.54) is 0 Å². The number of hydrogen-bond acceptors (Lipinski definition) is 3. The Morgan fingerprint density at radius 3 is 2.05 bits per heavy atom. The molecule has 1 heterocycles. The minimum Gasteiger partial charge on any atom is -0.312 e. The summed E-state index contributed by atoms with van der Waals surface area (Å²) in [6, 6.07) is 27.2. The van der Waals surface area contributed by atoms with Gasteiger partial charge >= 0.3 is 0 Å². The number of aryl methyl sites for hydroxylation is 4. The van der Waals surface area contributed by atoms with Crippen LogP contribution in [0.25, 0.3) is 11.6 Å². The molecule has 5 rings (SSSR count). The summed E-state index contributed by atoms with van der Waals surface area (Å²) in [4.78, 5) is 2.42. The van der Waals surface area contributed by atoms with Crippen LogP contribution in [0.2, 0.25) is 5.02 Å². The molecule has 0 amide bonds. The first-order valence-corrected chi connectivity index (χ1v) is 14.6. The Morgan fingerprint density at radius 1 is 0.737 bits per heavy atom. The molecule has 0 spiro atoms. The molecule has 0 fully saturated rings. The van der Waals surface area contributed by atoms with Crippen molar-refractivity contribution in [3.05, 3.63) is 135 Å². The zero-order chi connectivity index (χ0) is 27.0. The lowest BCUT2D eigenvalue weighted by molar-refractivity contribution is 0.598. The van der Waals surface area contributed by atoms with E-state index in [1.54, 1.807) is 12.1 Å². The molecule has 1 aliphatic rings. The van der Waals surface area contributed by atoms with E-state index in [0.29, 0.717) is 15.6 Å². The minimum absolute atomic E-state index is 0.158. The quantitative estimate of drug-likeness (QED) is 0.255. The highest BCUT2D eigenvalue weighted by molar-refractivity contribution is 7.91. The van der Waals surface area contributed by atoms with Crippen molar-refractivity contribution >= 4 is 44.5 Å². The van der Waals surface area contributed by atoms with Crippen molar-refractivity contribution in [3.63, 3.8) is 0 Å². The van der Waals surface area contributed by atoms with Crippen LogP contribution >= 0.6 is 11.6 Å². The first-order valence-electron chi connectivity index (χ1n) is 12.6. The van der Waals surface area contributed by atoms with Gasteiger partial charge in [0.1, 0.15) is 0 Å². The molecule has 0 saturated carbocycles. The molecule has 192 valence electrons. The number of fused-ring (bicyclic) bond motifs is 1. The molecule has 0 aromatic heterocycles. The molecule has 4 aromatic carbocycles. The highest BCUT2D eigenvalue weighted by atomic mass is 35.5. The average Bonchev–Trinajstić information content (AvgIpc) is 3.01. The lowest BCUT2D eigenvalue weighted by atomic mass is 10.0. The van der Waals surface area contributed by atoms with E-state index < -0.39 is 9.84 Å². The molecule has 4 aromatic rings. The van der Waals surface area contributed by atoms with Crippen LogP contribution in [0.4, 0.5) is 11.4 Å². The van der Waals surface area contributed by atoms with Gasteiger partial charge in [-0.3, -0.25) is 0 Å². The van der Waals surface area contributed by atoms with Gasteiger partial charge in [-0.25, -0.2) is 8.42 Å². The topological polar surface area (TPSA) is 37.4 Å². The Balaban J connectivity index is 1.78. The Morgan fingerprint density at radius 2 is 1.39 bits per heavy atom. The largest absolute Gasteiger partial charge is 0.312 e. The predicted molar refractivity (Wildman–Crippen MR) is 160 cm³/mol. The van der Waals surface area contributed by atoms with Gasteiger partial charge in [0.25, 0.3) is 0 Å². The third-order valence-electron chi connectivity index (χ3n) is 6.83. The van der Waals surface area contributed by atoms with Crippen LogP contribution in [-0.4, -0.2) is 14.2 Å². The average molecular weight is 540 g/mol. The van der Waals surface area contributed by atoms with E-state index >= 15 is 0 Å². The van der Waals surface area contributed by atoms with Crippen LogP contribution in [-0.2, 0) is 9.84 Å². The van der Waals surface area contributed by atoms with E-state index in [9.17, 15) is 8.42 Å². The number of anilines is 2. The number of halogens is 1. The smallest absolute Gasteiger partial charge is 0.183 e. The van der Waals surface area contributed by atoms with E-state index in [4.69, 9.17) is 11.6 Å². The van der Waals surface area contributed by atoms with Crippen LogP contribution in [0.3, 0.4) is 0 Å². The van der Waals surface area contributed by atoms with Gasteiger partial charge in [-0.15, -0.1) is 0 Å². The molecule has 0 N–H and O–H groups in total. The summed E-state index contributed by atoms with van der Waals surface area (Å²) >= 11 is 6.48. The second kappa shape index (κ2) is 10.3. The fourth-order valence-electron chi connectivity index (χ4n) is 5.17. The molecular formula is C33H30ClNO2S. The first kappa shape index (κ1) is 26.0. The third kappa shape index (κ3) is 5.20. The summed E-state index contributed by atoms with van der Waals surface area (Å²) in [5.41, 5.74) is 9.73. The number of rotatable bonds is 5. The van der Waals surface area contributed by atoms with Crippen molar-refractivity contribution in [2.75, 3.05) is 10.7 Å². The molecule has 0 bridgehead atoms. The Kier molecular flexibility index (Phi) is 7.04. The maximum Gasteiger partial charge on any atom is 0.183 e.